The molecular weight excluding hydrogens is 236 g/mol. The summed E-state index contributed by atoms with van der Waals surface area (Å²) in [6.07, 6.45) is 0. The lowest BCUT2D eigenvalue weighted by Crippen LogP contribution is -1.96. The van der Waals surface area contributed by atoms with Crippen LogP contribution in [0.1, 0.15) is 6.92 Å². The fourth-order valence-electron chi connectivity index (χ4n) is 1.60. The molecule has 0 saturated heterocycles. The van der Waals surface area contributed by atoms with E-state index in [0.717, 1.165) is 0 Å². The third-order valence-corrected chi connectivity index (χ3v) is 2.36. The molecule has 0 spiro atoms. The molecule has 0 aliphatic rings. The topological polar surface area (TPSA) is 107 Å². The predicted molar refractivity (Wildman–Crippen MR) is 66.3 cm³/mol. The van der Waals surface area contributed by atoms with E-state index in [1.165, 1.54) is 12.1 Å². The van der Waals surface area contributed by atoms with Gasteiger partial charge in [0.1, 0.15) is 11.6 Å². The van der Waals surface area contributed by atoms with Gasteiger partial charge in [-0.1, -0.05) is 0 Å². The molecule has 94 valence electrons. The summed E-state index contributed by atoms with van der Waals surface area (Å²) in [7, 11) is 0. The number of nitro groups is 1. The van der Waals surface area contributed by atoms with Crippen molar-refractivity contribution in [3.63, 3.8) is 0 Å². The largest absolute Gasteiger partial charge is 0.493 e. The Balaban J connectivity index is 2.53. The Hall–Kier alpha value is -2.57. The number of ether oxygens (including phenoxy) is 1. The molecule has 0 bridgehead atoms. The monoisotopic (exact) mass is 248 g/mol. The number of anilines is 1. The molecular formula is C11H12N4O3. The first-order valence-corrected chi connectivity index (χ1v) is 5.34. The molecule has 0 fully saturated rings. The summed E-state index contributed by atoms with van der Waals surface area (Å²) in [6.45, 7) is 2.31. The molecule has 0 radical (unpaired) electrons. The van der Waals surface area contributed by atoms with Gasteiger partial charge < -0.3 is 10.5 Å². The number of nitro benzene ring substituents is 1. The lowest BCUT2D eigenvalue weighted by molar-refractivity contribution is -0.384. The average Bonchev–Trinajstić information content (AvgIpc) is 2.76. The van der Waals surface area contributed by atoms with Crippen molar-refractivity contribution in [1.82, 2.24) is 10.2 Å². The summed E-state index contributed by atoms with van der Waals surface area (Å²) >= 11 is 0. The molecule has 0 atom stereocenters. The van der Waals surface area contributed by atoms with Crippen LogP contribution in [0.25, 0.3) is 11.3 Å². The Bertz CT molecular complexity index is 579. The fourth-order valence-corrected chi connectivity index (χ4v) is 1.60. The molecule has 7 nitrogen and oxygen atoms in total. The van der Waals surface area contributed by atoms with Gasteiger partial charge in [0, 0.05) is 23.8 Å². The molecule has 1 aromatic carbocycles. The maximum absolute atomic E-state index is 10.8. The van der Waals surface area contributed by atoms with Crippen molar-refractivity contribution in [3.05, 3.63) is 34.4 Å². The van der Waals surface area contributed by atoms with E-state index in [-0.39, 0.29) is 5.69 Å². The highest BCUT2D eigenvalue weighted by molar-refractivity contribution is 5.71. The van der Waals surface area contributed by atoms with Crippen LogP contribution in [0.5, 0.6) is 5.75 Å². The number of hydrogen-bond acceptors (Lipinski definition) is 5. The van der Waals surface area contributed by atoms with Crippen LogP contribution in [0.3, 0.4) is 0 Å². The number of nitrogen functional groups attached to an aromatic ring is 1. The van der Waals surface area contributed by atoms with Crippen molar-refractivity contribution in [1.29, 1.82) is 0 Å². The van der Waals surface area contributed by atoms with Crippen LogP contribution < -0.4 is 10.5 Å². The van der Waals surface area contributed by atoms with Gasteiger partial charge >= 0.3 is 0 Å². The highest BCUT2D eigenvalue weighted by Crippen LogP contribution is 2.32. The summed E-state index contributed by atoms with van der Waals surface area (Å²) in [5, 5.41) is 17.3. The average molecular weight is 248 g/mol. The second-order valence-electron chi connectivity index (χ2n) is 3.58. The summed E-state index contributed by atoms with van der Waals surface area (Å²) < 4.78 is 5.42. The van der Waals surface area contributed by atoms with E-state index in [1.54, 1.807) is 12.1 Å². The van der Waals surface area contributed by atoms with Crippen LogP contribution in [-0.2, 0) is 0 Å². The highest BCUT2D eigenvalue weighted by Gasteiger charge is 2.14. The van der Waals surface area contributed by atoms with E-state index in [4.69, 9.17) is 10.5 Å². The number of nitrogens with one attached hydrogen (secondary N) is 1. The van der Waals surface area contributed by atoms with Crippen LogP contribution in [0.15, 0.2) is 24.3 Å². The zero-order valence-corrected chi connectivity index (χ0v) is 9.71. The van der Waals surface area contributed by atoms with Crippen molar-refractivity contribution in [2.24, 2.45) is 0 Å². The molecule has 1 heterocycles. The maximum atomic E-state index is 10.8. The van der Waals surface area contributed by atoms with Crippen molar-refractivity contribution in [3.8, 4) is 17.0 Å². The smallest absolute Gasteiger partial charge is 0.270 e. The molecule has 0 aliphatic carbocycles. The lowest BCUT2D eigenvalue weighted by atomic mass is 10.1. The van der Waals surface area contributed by atoms with Crippen LogP contribution in [0.2, 0.25) is 0 Å². The molecule has 0 amide bonds. The minimum absolute atomic E-state index is 0.0124. The number of rotatable bonds is 4. The number of nitrogens with zero attached hydrogens (tertiary/aromatic N) is 2. The zero-order valence-electron chi connectivity index (χ0n) is 9.71. The van der Waals surface area contributed by atoms with Gasteiger partial charge in [-0.15, -0.1) is 0 Å². The van der Waals surface area contributed by atoms with Gasteiger partial charge in [0.2, 0.25) is 0 Å². The van der Waals surface area contributed by atoms with E-state index < -0.39 is 4.92 Å². The van der Waals surface area contributed by atoms with Crippen LogP contribution in [-0.4, -0.2) is 21.7 Å². The molecule has 7 heteroatoms. The number of benzene rings is 1. The zero-order chi connectivity index (χ0) is 13.1. The third-order valence-electron chi connectivity index (χ3n) is 2.36. The van der Waals surface area contributed by atoms with Gasteiger partial charge in [-0.05, 0) is 13.0 Å². The minimum atomic E-state index is -0.459. The van der Waals surface area contributed by atoms with E-state index in [2.05, 4.69) is 10.2 Å². The highest BCUT2D eigenvalue weighted by atomic mass is 16.6. The molecule has 1 aromatic heterocycles. The van der Waals surface area contributed by atoms with E-state index in [1.807, 2.05) is 6.92 Å². The van der Waals surface area contributed by atoms with E-state index in [9.17, 15) is 10.1 Å². The molecule has 0 unspecified atom stereocenters. The van der Waals surface area contributed by atoms with Gasteiger partial charge in [-0.2, -0.15) is 5.10 Å². The van der Waals surface area contributed by atoms with Gasteiger partial charge in [-0.25, -0.2) is 0 Å². The first kappa shape index (κ1) is 11.9. The third kappa shape index (κ3) is 2.24. The van der Waals surface area contributed by atoms with Crippen LogP contribution in [0, 0.1) is 10.1 Å². The van der Waals surface area contributed by atoms with Crippen LogP contribution >= 0.6 is 0 Å². The van der Waals surface area contributed by atoms with Crippen molar-refractivity contribution >= 4 is 11.5 Å². The lowest BCUT2D eigenvalue weighted by Gasteiger charge is -2.08. The quantitative estimate of drug-likeness (QED) is 0.635. The summed E-state index contributed by atoms with van der Waals surface area (Å²) in [5.41, 5.74) is 6.66. The molecule has 2 rings (SSSR count). The maximum Gasteiger partial charge on any atom is 0.270 e. The number of hydrogen-bond donors (Lipinski definition) is 2. The Labute approximate surface area is 103 Å². The predicted octanol–water partition coefficient (Wildman–Crippen LogP) is 1.97. The van der Waals surface area contributed by atoms with Gasteiger partial charge in [0.25, 0.3) is 5.69 Å². The first-order valence-electron chi connectivity index (χ1n) is 5.34. The Morgan fingerprint density at radius 1 is 1.50 bits per heavy atom. The molecule has 0 aliphatic heterocycles. The molecule has 0 saturated carbocycles. The van der Waals surface area contributed by atoms with Gasteiger partial charge in [-0.3, -0.25) is 15.2 Å². The summed E-state index contributed by atoms with van der Waals surface area (Å²) in [5.74, 6) is 0.866. The normalized spacial score (nSPS) is 10.3. The summed E-state index contributed by atoms with van der Waals surface area (Å²) in [6, 6.07) is 5.99. The van der Waals surface area contributed by atoms with Gasteiger partial charge in [0.15, 0.2) is 0 Å². The number of nitrogens with two attached hydrogens (primary N) is 1. The standard InChI is InChI=1S/C11H12N4O3/c1-2-18-10-4-3-7(15(16)17)5-8(10)9-6-11(12)14-13-9/h3-6H,2H2,1H3,(H3,12,13,14). The molecule has 18 heavy (non-hydrogen) atoms. The number of aromatic amines is 1. The Morgan fingerprint density at radius 2 is 2.28 bits per heavy atom. The van der Waals surface area contributed by atoms with Crippen molar-refractivity contribution in [2.75, 3.05) is 12.3 Å². The van der Waals surface area contributed by atoms with E-state index in [0.29, 0.717) is 29.4 Å². The Morgan fingerprint density at radius 3 is 2.83 bits per heavy atom. The molecule has 3 N–H and O–H groups in total. The number of H-pyrrole nitrogens is 1. The SMILES string of the molecule is CCOc1ccc([N+](=O)[O-])cc1-c1cc(N)n[nH]1. The first-order chi connectivity index (χ1) is 8.61. The van der Waals surface area contributed by atoms with E-state index >= 15 is 0 Å². The number of aromatic nitrogens is 2. The Kier molecular flexibility index (Phi) is 3.13. The number of non-ortho nitro benzene ring substituents is 1. The van der Waals surface area contributed by atoms with Crippen molar-refractivity contribution < 1.29 is 9.66 Å². The van der Waals surface area contributed by atoms with Crippen LogP contribution in [0.4, 0.5) is 11.5 Å². The molecule has 2 aromatic rings. The second kappa shape index (κ2) is 4.74. The minimum Gasteiger partial charge on any atom is -0.493 e. The second-order valence-corrected chi connectivity index (χ2v) is 3.58. The fraction of sp³-hybridized carbons (Fsp3) is 0.182. The summed E-state index contributed by atoms with van der Waals surface area (Å²) in [4.78, 5) is 10.3. The van der Waals surface area contributed by atoms with Gasteiger partial charge in [0.05, 0.1) is 17.2 Å². The van der Waals surface area contributed by atoms with Crippen molar-refractivity contribution in [2.45, 2.75) is 6.92 Å².